The van der Waals surface area contributed by atoms with Gasteiger partial charge in [-0.05, 0) is 27.5 Å². The molecule has 0 aliphatic carbocycles. The molecule has 1 aromatic heterocycles. The molecule has 3 aromatic carbocycles. The Hall–Kier alpha value is -2.79. The second kappa shape index (κ2) is 10.9. The maximum atomic E-state index is 9.88. The van der Waals surface area contributed by atoms with Crippen LogP contribution < -0.4 is 16.1 Å². The molecule has 4 aromatic rings. The maximum Gasteiger partial charge on any atom is 0.261 e. The quantitative estimate of drug-likeness (QED) is 0.261. The molecule has 0 fully saturated rings. The molecule has 0 saturated carbocycles. The van der Waals surface area contributed by atoms with Gasteiger partial charge in [0, 0.05) is 18.1 Å². The summed E-state index contributed by atoms with van der Waals surface area (Å²) in [6, 6.07) is 26.1. The second-order valence-electron chi connectivity index (χ2n) is 9.71. The lowest BCUT2D eigenvalue weighted by Gasteiger charge is -2.43. The standard InChI is InChI=1S/C28H27Cl3N4OSi/c1-28(2,3)37(20-10-6-4-7-11-20,21-12-8-5-9-13-21)36-15-14-25-22(18-32)27(33)35(34-25)26-23(30)16-19(29)17-24(26)31/h4-13,16-17H,14-15,33H2,1-3H3. The highest BCUT2D eigenvalue weighted by Crippen LogP contribution is 2.37. The van der Waals surface area contributed by atoms with Gasteiger partial charge >= 0.3 is 0 Å². The lowest BCUT2D eigenvalue weighted by molar-refractivity contribution is 0.300. The van der Waals surface area contributed by atoms with Crippen molar-refractivity contribution in [1.29, 1.82) is 5.26 Å². The van der Waals surface area contributed by atoms with Gasteiger partial charge in [0.25, 0.3) is 8.32 Å². The number of anilines is 1. The maximum absolute atomic E-state index is 9.88. The van der Waals surface area contributed by atoms with E-state index in [9.17, 15) is 5.26 Å². The summed E-state index contributed by atoms with van der Waals surface area (Å²) in [5, 5.41) is 17.7. The van der Waals surface area contributed by atoms with Crippen molar-refractivity contribution in [2.24, 2.45) is 0 Å². The molecule has 9 heteroatoms. The van der Waals surface area contributed by atoms with Crippen LogP contribution in [0.25, 0.3) is 5.69 Å². The van der Waals surface area contributed by atoms with Crippen LogP contribution in [0.1, 0.15) is 32.0 Å². The van der Waals surface area contributed by atoms with Crippen LogP contribution in [0.15, 0.2) is 72.8 Å². The lowest BCUT2D eigenvalue weighted by Crippen LogP contribution is -2.66. The molecule has 4 rings (SSSR count). The highest BCUT2D eigenvalue weighted by Gasteiger charge is 2.50. The largest absolute Gasteiger partial charge is 0.407 e. The van der Waals surface area contributed by atoms with Crippen LogP contribution >= 0.6 is 34.8 Å². The minimum Gasteiger partial charge on any atom is -0.407 e. The number of nitrogens with two attached hydrogens (primary N) is 1. The number of rotatable bonds is 7. The summed E-state index contributed by atoms with van der Waals surface area (Å²) in [5.74, 6) is 0.161. The number of benzene rings is 3. The predicted molar refractivity (Wildman–Crippen MR) is 155 cm³/mol. The molecule has 2 N–H and O–H groups in total. The monoisotopic (exact) mass is 568 g/mol. The van der Waals surface area contributed by atoms with Gasteiger partial charge in [-0.2, -0.15) is 10.4 Å². The second-order valence-corrected chi connectivity index (χ2v) is 15.3. The summed E-state index contributed by atoms with van der Waals surface area (Å²) in [6.45, 7) is 7.01. The van der Waals surface area contributed by atoms with Crippen molar-refractivity contribution >= 4 is 59.3 Å². The van der Waals surface area contributed by atoms with Crippen molar-refractivity contribution in [3.05, 3.63) is 99.1 Å². The van der Waals surface area contributed by atoms with Crippen LogP contribution in [0.3, 0.4) is 0 Å². The predicted octanol–water partition coefficient (Wildman–Crippen LogP) is 6.41. The van der Waals surface area contributed by atoms with Crippen LogP contribution in [0.2, 0.25) is 20.1 Å². The molecule has 5 nitrogen and oxygen atoms in total. The number of nitrogens with zero attached hydrogens (tertiary/aromatic N) is 3. The Labute approximate surface area is 233 Å². The van der Waals surface area contributed by atoms with E-state index < -0.39 is 8.32 Å². The Balaban J connectivity index is 1.73. The molecule has 0 atom stereocenters. The van der Waals surface area contributed by atoms with E-state index in [1.807, 2.05) is 36.4 Å². The average molecular weight is 570 g/mol. The van der Waals surface area contributed by atoms with Crippen LogP contribution in [0.4, 0.5) is 5.82 Å². The Kier molecular flexibility index (Phi) is 8.03. The van der Waals surface area contributed by atoms with Crippen LogP contribution in [-0.2, 0) is 10.8 Å². The fourth-order valence-electron chi connectivity index (χ4n) is 4.74. The zero-order valence-electron chi connectivity index (χ0n) is 20.8. The van der Waals surface area contributed by atoms with Gasteiger partial charge in [0.1, 0.15) is 23.1 Å². The van der Waals surface area contributed by atoms with E-state index in [1.165, 1.54) is 15.1 Å². The van der Waals surface area contributed by atoms with Crippen molar-refractivity contribution in [3.8, 4) is 11.8 Å². The summed E-state index contributed by atoms with van der Waals surface area (Å²) >= 11 is 18.9. The molecule has 0 amide bonds. The summed E-state index contributed by atoms with van der Waals surface area (Å²) in [4.78, 5) is 0. The van der Waals surface area contributed by atoms with E-state index >= 15 is 0 Å². The molecule has 0 bridgehead atoms. The van der Waals surface area contributed by atoms with E-state index in [2.05, 4.69) is 56.2 Å². The first-order valence-corrected chi connectivity index (χ1v) is 14.8. The van der Waals surface area contributed by atoms with Crippen molar-refractivity contribution in [3.63, 3.8) is 0 Å². The van der Waals surface area contributed by atoms with Crippen LogP contribution in [-0.4, -0.2) is 24.7 Å². The highest BCUT2D eigenvalue weighted by molar-refractivity contribution is 6.99. The van der Waals surface area contributed by atoms with Crippen molar-refractivity contribution < 1.29 is 4.43 Å². The molecule has 0 aliphatic heterocycles. The molecular formula is C28H27Cl3N4OSi. The summed E-state index contributed by atoms with van der Waals surface area (Å²) < 4.78 is 8.36. The van der Waals surface area contributed by atoms with Gasteiger partial charge in [-0.3, -0.25) is 0 Å². The number of halogens is 3. The van der Waals surface area contributed by atoms with E-state index in [0.29, 0.717) is 29.4 Å². The summed E-state index contributed by atoms with van der Waals surface area (Å²) in [7, 11) is -2.73. The third-order valence-corrected chi connectivity index (χ3v) is 12.2. The van der Waals surface area contributed by atoms with Crippen molar-refractivity contribution in [2.75, 3.05) is 12.3 Å². The van der Waals surface area contributed by atoms with Gasteiger partial charge in [0.2, 0.25) is 0 Å². The van der Waals surface area contributed by atoms with Gasteiger partial charge in [-0.1, -0.05) is 116 Å². The van der Waals surface area contributed by atoms with Crippen LogP contribution in [0.5, 0.6) is 0 Å². The van der Waals surface area contributed by atoms with Crippen LogP contribution in [0, 0.1) is 11.3 Å². The summed E-state index contributed by atoms with van der Waals surface area (Å²) in [6.07, 6.45) is 0.382. The molecule has 0 aliphatic rings. The van der Waals surface area contributed by atoms with Gasteiger partial charge in [-0.25, -0.2) is 4.68 Å². The Morgan fingerprint density at radius 2 is 1.46 bits per heavy atom. The van der Waals surface area contributed by atoms with Gasteiger partial charge in [-0.15, -0.1) is 0 Å². The first-order chi connectivity index (χ1) is 17.6. The van der Waals surface area contributed by atoms with Gasteiger partial charge in [0.15, 0.2) is 0 Å². The van der Waals surface area contributed by atoms with Crippen molar-refractivity contribution in [2.45, 2.75) is 32.2 Å². The zero-order valence-corrected chi connectivity index (χ0v) is 24.1. The molecular weight excluding hydrogens is 543 g/mol. The first kappa shape index (κ1) is 27.2. The minimum absolute atomic E-state index is 0.161. The number of aromatic nitrogens is 2. The fourth-order valence-corrected chi connectivity index (χ4v) is 10.3. The van der Waals surface area contributed by atoms with E-state index in [1.54, 1.807) is 12.1 Å². The third-order valence-electron chi connectivity index (χ3n) is 6.37. The van der Waals surface area contributed by atoms with E-state index in [-0.39, 0.29) is 26.5 Å². The minimum atomic E-state index is -2.73. The Bertz CT molecular complexity index is 1380. The summed E-state index contributed by atoms with van der Waals surface area (Å²) in [5.41, 5.74) is 7.49. The number of hydrogen-bond acceptors (Lipinski definition) is 4. The van der Waals surface area contributed by atoms with E-state index in [0.717, 1.165) is 0 Å². The average Bonchev–Trinajstić information content (AvgIpc) is 3.16. The Morgan fingerprint density at radius 3 is 1.92 bits per heavy atom. The fraction of sp³-hybridized carbons (Fsp3) is 0.214. The molecule has 37 heavy (non-hydrogen) atoms. The zero-order chi connectivity index (χ0) is 26.8. The number of nitrogen functional groups attached to an aromatic ring is 1. The Morgan fingerprint density at radius 1 is 0.946 bits per heavy atom. The first-order valence-electron chi connectivity index (χ1n) is 11.8. The molecule has 0 saturated heterocycles. The normalized spacial score (nSPS) is 11.9. The highest BCUT2D eigenvalue weighted by atomic mass is 35.5. The molecule has 0 spiro atoms. The molecule has 190 valence electrons. The molecule has 0 radical (unpaired) electrons. The third kappa shape index (κ3) is 5.15. The van der Waals surface area contributed by atoms with Gasteiger partial charge in [0.05, 0.1) is 15.7 Å². The molecule has 0 unspecified atom stereocenters. The lowest BCUT2D eigenvalue weighted by atomic mass is 10.2. The molecule has 1 heterocycles. The smallest absolute Gasteiger partial charge is 0.261 e. The topological polar surface area (TPSA) is 76.9 Å². The number of hydrogen-bond donors (Lipinski definition) is 1. The SMILES string of the molecule is CC(C)(C)[Si](OCCc1nn(-c2c(Cl)cc(Cl)cc2Cl)c(N)c1C#N)(c1ccccc1)c1ccccc1. The number of nitriles is 1. The van der Waals surface area contributed by atoms with E-state index in [4.69, 9.17) is 45.0 Å². The van der Waals surface area contributed by atoms with Crippen molar-refractivity contribution in [1.82, 2.24) is 9.78 Å². The van der Waals surface area contributed by atoms with Gasteiger partial charge < -0.3 is 10.2 Å².